The quantitative estimate of drug-likeness (QED) is 0.907. The molecule has 0 amide bonds. The van der Waals surface area contributed by atoms with Crippen molar-refractivity contribution in [3.8, 4) is 0 Å². The molecule has 112 valence electrons. The van der Waals surface area contributed by atoms with Gasteiger partial charge in [-0.25, -0.2) is 4.98 Å². The molecule has 2 aromatic rings. The van der Waals surface area contributed by atoms with Gasteiger partial charge >= 0.3 is 6.18 Å². The standard InChI is InChI=1S/C14H15F3N4/c1-9-6-12(21-13(18-2)20-9)19-8-10-4-3-5-11(7-10)14(15,16)17/h3-7H,8H2,1-2H3,(H2,18,19,20,21). The Kier molecular flexibility index (Phi) is 4.30. The molecule has 7 heteroatoms. The van der Waals surface area contributed by atoms with E-state index in [4.69, 9.17) is 0 Å². The van der Waals surface area contributed by atoms with Crippen LogP contribution < -0.4 is 10.6 Å². The van der Waals surface area contributed by atoms with Gasteiger partial charge in [-0.2, -0.15) is 18.2 Å². The Morgan fingerprint density at radius 3 is 2.57 bits per heavy atom. The molecule has 0 aliphatic rings. The molecule has 4 nitrogen and oxygen atoms in total. The second-order valence-corrected chi connectivity index (χ2v) is 4.52. The summed E-state index contributed by atoms with van der Waals surface area (Å²) in [7, 11) is 1.70. The third-order valence-corrected chi connectivity index (χ3v) is 2.81. The van der Waals surface area contributed by atoms with E-state index in [1.165, 1.54) is 6.07 Å². The molecule has 0 saturated heterocycles. The van der Waals surface area contributed by atoms with Crippen LogP contribution in [0, 0.1) is 6.92 Å². The summed E-state index contributed by atoms with van der Waals surface area (Å²) in [5.41, 5.74) is 0.643. The Morgan fingerprint density at radius 1 is 1.14 bits per heavy atom. The highest BCUT2D eigenvalue weighted by atomic mass is 19.4. The SMILES string of the molecule is CNc1nc(C)cc(NCc2cccc(C(F)(F)F)c2)n1. The molecule has 1 aromatic carbocycles. The zero-order valence-electron chi connectivity index (χ0n) is 11.6. The highest BCUT2D eigenvalue weighted by molar-refractivity contribution is 5.42. The molecule has 0 saturated carbocycles. The smallest absolute Gasteiger partial charge is 0.366 e. The van der Waals surface area contributed by atoms with Crippen molar-refractivity contribution < 1.29 is 13.2 Å². The molecule has 2 N–H and O–H groups in total. The van der Waals surface area contributed by atoms with Crippen LogP contribution >= 0.6 is 0 Å². The molecule has 0 aliphatic heterocycles. The van der Waals surface area contributed by atoms with Gasteiger partial charge in [0.05, 0.1) is 5.56 Å². The van der Waals surface area contributed by atoms with Crippen molar-refractivity contribution in [1.82, 2.24) is 9.97 Å². The minimum absolute atomic E-state index is 0.253. The van der Waals surface area contributed by atoms with Crippen LogP contribution in [0.1, 0.15) is 16.8 Å². The van der Waals surface area contributed by atoms with E-state index in [-0.39, 0.29) is 6.54 Å². The molecule has 0 unspecified atom stereocenters. The predicted molar refractivity (Wildman–Crippen MR) is 75.1 cm³/mol. The number of hydrogen-bond donors (Lipinski definition) is 2. The van der Waals surface area contributed by atoms with E-state index in [1.807, 2.05) is 6.92 Å². The molecule has 2 rings (SSSR count). The number of rotatable bonds is 4. The van der Waals surface area contributed by atoms with Gasteiger partial charge in [0.1, 0.15) is 5.82 Å². The first kappa shape index (κ1) is 15.1. The zero-order valence-corrected chi connectivity index (χ0v) is 11.6. The molecule has 0 bridgehead atoms. The second kappa shape index (κ2) is 5.99. The summed E-state index contributed by atoms with van der Waals surface area (Å²) in [6.07, 6.45) is -4.33. The molecule has 0 spiro atoms. The average Bonchev–Trinajstić information content (AvgIpc) is 2.44. The summed E-state index contributed by atoms with van der Waals surface area (Å²) in [4.78, 5) is 8.33. The Morgan fingerprint density at radius 2 is 1.90 bits per heavy atom. The first-order valence-electron chi connectivity index (χ1n) is 6.32. The van der Waals surface area contributed by atoms with Gasteiger partial charge in [0.15, 0.2) is 0 Å². The lowest BCUT2D eigenvalue weighted by Crippen LogP contribution is -2.08. The number of hydrogen-bond acceptors (Lipinski definition) is 4. The molecule has 1 aromatic heterocycles. The van der Waals surface area contributed by atoms with Crippen LogP contribution in [0.3, 0.4) is 0 Å². The first-order chi connectivity index (χ1) is 9.88. The van der Waals surface area contributed by atoms with Gasteiger partial charge in [-0.1, -0.05) is 12.1 Å². The third kappa shape index (κ3) is 4.08. The maximum absolute atomic E-state index is 12.6. The van der Waals surface area contributed by atoms with Crippen molar-refractivity contribution in [2.24, 2.45) is 0 Å². The number of halogens is 3. The first-order valence-corrected chi connectivity index (χ1v) is 6.32. The van der Waals surface area contributed by atoms with Crippen molar-refractivity contribution in [1.29, 1.82) is 0 Å². The molecule has 0 aliphatic carbocycles. The third-order valence-electron chi connectivity index (χ3n) is 2.81. The molecule has 0 atom stereocenters. The summed E-state index contributed by atoms with van der Waals surface area (Å²) < 4.78 is 37.9. The van der Waals surface area contributed by atoms with Crippen LogP contribution in [0.4, 0.5) is 24.9 Å². The number of benzene rings is 1. The van der Waals surface area contributed by atoms with Crippen LogP contribution in [0.5, 0.6) is 0 Å². The van der Waals surface area contributed by atoms with E-state index in [1.54, 1.807) is 19.2 Å². The lowest BCUT2D eigenvalue weighted by atomic mass is 10.1. The van der Waals surface area contributed by atoms with Gasteiger partial charge in [-0.15, -0.1) is 0 Å². The predicted octanol–water partition coefficient (Wildman–Crippen LogP) is 3.46. The van der Waals surface area contributed by atoms with E-state index in [9.17, 15) is 13.2 Å². The van der Waals surface area contributed by atoms with Gasteiger partial charge in [-0.05, 0) is 24.6 Å². The topological polar surface area (TPSA) is 49.8 Å². The summed E-state index contributed by atoms with van der Waals surface area (Å²) in [6.45, 7) is 2.07. The molecule has 1 heterocycles. The van der Waals surface area contributed by atoms with Crippen molar-refractivity contribution in [3.63, 3.8) is 0 Å². The van der Waals surface area contributed by atoms with Gasteiger partial charge < -0.3 is 10.6 Å². The molecule has 21 heavy (non-hydrogen) atoms. The van der Waals surface area contributed by atoms with Crippen LogP contribution in [-0.2, 0) is 12.7 Å². The van der Waals surface area contributed by atoms with Crippen molar-refractivity contribution in [2.75, 3.05) is 17.7 Å². The Bertz CT molecular complexity index is 626. The van der Waals surface area contributed by atoms with Crippen molar-refractivity contribution in [2.45, 2.75) is 19.6 Å². The highest BCUT2D eigenvalue weighted by Crippen LogP contribution is 2.29. The number of aromatic nitrogens is 2. The monoisotopic (exact) mass is 296 g/mol. The average molecular weight is 296 g/mol. The largest absolute Gasteiger partial charge is 0.416 e. The van der Waals surface area contributed by atoms with E-state index in [0.717, 1.165) is 17.8 Å². The number of nitrogens with one attached hydrogen (secondary N) is 2. The van der Waals surface area contributed by atoms with Crippen molar-refractivity contribution >= 4 is 11.8 Å². The molecular weight excluding hydrogens is 281 g/mol. The van der Waals surface area contributed by atoms with E-state index in [0.29, 0.717) is 17.3 Å². The fourth-order valence-electron chi connectivity index (χ4n) is 1.82. The van der Waals surface area contributed by atoms with E-state index < -0.39 is 11.7 Å². The molecular formula is C14H15F3N4. The Balaban J connectivity index is 2.11. The maximum Gasteiger partial charge on any atom is 0.416 e. The van der Waals surface area contributed by atoms with Crippen LogP contribution in [0.15, 0.2) is 30.3 Å². The van der Waals surface area contributed by atoms with Gasteiger partial charge in [0.25, 0.3) is 0 Å². The van der Waals surface area contributed by atoms with Crippen LogP contribution in [0.25, 0.3) is 0 Å². The number of alkyl halides is 3. The van der Waals surface area contributed by atoms with Gasteiger partial charge in [0.2, 0.25) is 5.95 Å². The lowest BCUT2D eigenvalue weighted by molar-refractivity contribution is -0.137. The Hall–Kier alpha value is -2.31. The Labute approximate surface area is 120 Å². The fraction of sp³-hybridized carbons (Fsp3) is 0.286. The van der Waals surface area contributed by atoms with Crippen molar-refractivity contribution in [3.05, 3.63) is 47.2 Å². The number of anilines is 2. The number of aryl methyl sites for hydroxylation is 1. The summed E-state index contributed by atoms with van der Waals surface area (Å²) in [6, 6.07) is 6.94. The normalized spacial score (nSPS) is 11.3. The second-order valence-electron chi connectivity index (χ2n) is 4.52. The summed E-state index contributed by atoms with van der Waals surface area (Å²) in [5, 5.41) is 5.82. The lowest BCUT2D eigenvalue weighted by Gasteiger charge is -2.11. The van der Waals surface area contributed by atoms with Gasteiger partial charge in [-0.3, -0.25) is 0 Å². The molecule has 0 fully saturated rings. The zero-order chi connectivity index (χ0) is 15.5. The summed E-state index contributed by atoms with van der Waals surface area (Å²) in [5.74, 6) is 1.02. The fourth-order valence-corrected chi connectivity index (χ4v) is 1.82. The van der Waals surface area contributed by atoms with Crippen LogP contribution in [0.2, 0.25) is 0 Å². The minimum Gasteiger partial charge on any atom is -0.366 e. The van der Waals surface area contributed by atoms with Crippen LogP contribution in [-0.4, -0.2) is 17.0 Å². The maximum atomic E-state index is 12.6. The summed E-state index contributed by atoms with van der Waals surface area (Å²) >= 11 is 0. The number of nitrogens with zero attached hydrogens (tertiary/aromatic N) is 2. The highest BCUT2D eigenvalue weighted by Gasteiger charge is 2.30. The van der Waals surface area contributed by atoms with E-state index >= 15 is 0 Å². The minimum atomic E-state index is -4.33. The van der Waals surface area contributed by atoms with Gasteiger partial charge in [0, 0.05) is 25.4 Å². The van der Waals surface area contributed by atoms with E-state index in [2.05, 4.69) is 20.6 Å². The molecule has 0 radical (unpaired) electrons.